The van der Waals surface area contributed by atoms with Crippen molar-refractivity contribution in [2.24, 2.45) is 0 Å². The molecule has 0 spiro atoms. The van der Waals surface area contributed by atoms with E-state index in [-0.39, 0.29) is 0 Å². The first kappa shape index (κ1) is 39.8. The van der Waals surface area contributed by atoms with E-state index in [1.807, 2.05) is 0 Å². The fourth-order valence-electron chi connectivity index (χ4n) is 2.86. The van der Waals surface area contributed by atoms with Crippen LogP contribution in [0.1, 0.15) is 0 Å². The first-order valence-corrected chi connectivity index (χ1v) is 12.0. The Morgan fingerprint density at radius 1 is 0.429 bits per heavy atom. The minimum atomic E-state index is -2.65. The standard InChI is InChI=1S/C21H38O21/c22-1-7(25)10(28)13(31)16(34)19(37)40-4-6(42-21(39)18(36)15(33)12(30)9(27)3-24)5-41-20(38)17(35)14(32)11(29)8(26)2-23/h6-18,22-36H,1-5H2/t7-,8-,9-,10-,11-,12-,13+,14+,15+,16-,17-,18-/m1/s1. The number of hydrogen-bond donors (Lipinski definition) is 15. The Morgan fingerprint density at radius 2 is 0.690 bits per heavy atom. The molecule has 0 aliphatic heterocycles. The zero-order valence-electron chi connectivity index (χ0n) is 21.7. The molecule has 0 radical (unpaired) electrons. The van der Waals surface area contributed by atoms with Crippen molar-refractivity contribution in [3.05, 3.63) is 0 Å². The molecule has 0 fully saturated rings. The monoisotopic (exact) mass is 626 g/mol. The summed E-state index contributed by atoms with van der Waals surface area (Å²) in [6.07, 6.45) is -30.0. The number of hydrogen-bond acceptors (Lipinski definition) is 21. The lowest BCUT2D eigenvalue weighted by atomic mass is 10.0. The van der Waals surface area contributed by atoms with Crippen molar-refractivity contribution in [2.75, 3.05) is 33.0 Å². The van der Waals surface area contributed by atoms with Gasteiger partial charge < -0.3 is 90.8 Å². The maximum atomic E-state index is 12.3. The van der Waals surface area contributed by atoms with Gasteiger partial charge in [-0.2, -0.15) is 0 Å². The van der Waals surface area contributed by atoms with Gasteiger partial charge in [-0.1, -0.05) is 0 Å². The summed E-state index contributed by atoms with van der Waals surface area (Å²) in [4.78, 5) is 36.4. The van der Waals surface area contributed by atoms with Crippen molar-refractivity contribution < 1.29 is 105 Å². The molecule has 0 aromatic rings. The van der Waals surface area contributed by atoms with Gasteiger partial charge in [-0.25, -0.2) is 14.4 Å². The van der Waals surface area contributed by atoms with E-state index in [1.165, 1.54) is 0 Å². The van der Waals surface area contributed by atoms with Gasteiger partial charge in [0.25, 0.3) is 0 Å². The molecule has 21 heteroatoms. The lowest BCUT2D eigenvalue weighted by Crippen LogP contribution is -2.51. The second kappa shape index (κ2) is 19.2. The zero-order valence-corrected chi connectivity index (χ0v) is 21.7. The van der Waals surface area contributed by atoms with Gasteiger partial charge in [0, 0.05) is 0 Å². The Hall–Kier alpha value is -2.19. The highest BCUT2D eigenvalue weighted by molar-refractivity contribution is 5.77. The van der Waals surface area contributed by atoms with E-state index < -0.39 is 130 Å². The van der Waals surface area contributed by atoms with Crippen molar-refractivity contribution in [1.82, 2.24) is 0 Å². The lowest BCUT2D eigenvalue weighted by Gasteiger charge is -2.27. The number of rotatable bonds is 20. The van der Waals surface area contributed by atoms with E-state index in [2.05, 4.69) is 9.47 Å². The Balaban J connectivity index is 5.62. The Labute approximate surface area is 236 Å². The fraction of sp³-hybridized carbons (Fsp3) is 0.857. The number of carbonyl (C=O) groups excluding carboxylic acids is 3. The molecule has 0 aliphatic carbocycles. The summed E-state index contributed by atoms with van der Waals surface area (Å²) in [5, 5.41) is 142. The van der Waals surface area contributed by atoms with Crippen molar-refractivity contribution in [1.29, 1.82) is 0 Å². The maximum Gasteiger partial charge on any atom is 0.338 e. The van der Waals surface area contributed by atoms with Crippen molar-refractivity contribution in [2.45, 2.75) is 79.4 Å². The summed E-state index contributed by atoms with van der Waals surface area (Å²) in [5.41, 5.74) is 0. The van der Waals surface area contributed by atoms with Gasteiger partial charge in [-0.05, 0) is 0 Å². The molecule has 15 N–H and O–H groups in total. The molecule has 248 valence electrons. The van der Waals surface area contributed by atoms with Crippen LogP contribution in [-0.2, 0) is 28.6 Å². The van der Waals surface area contributed by atoms with Crippen LogP contribution in [0.5, 0.6) is 0 Å². The van der Waals surface area contributed by atoms with Gasteiger partial charge in [0.05, 0.1) is 19.8 Å². The van der Waals surface area contributed by atoms with Crippen molar-refractivity contribution in [3.63, 3.8) is 0 Å². The quantitative estimate of drug-likeness (QED) is 0.0440. The van der Waals surface area contributed by atoms with Crippen LogP contribution >= 0.6 is 0 Å². The molecule has 0 heterocycles. The molecular weight excluding hydrogens is 588 g/mol. The second-order valence-corrected chi connectivity index (χ2v) is 8.85. The second-order valence-electron chi connectivity index (χ2n) is 8.85. The van der Waals surface area contributed by atoms with Crippen LogP contribution in [0.3, 0.4) is 0 Å². The summed E-state index contributed by atoms with van der Waals surface area (Å²) < 4.78 is 13.8. The van der Waals surface area contributed by atoms with Gasteiger partial charge in [0.2, 0.25) is 0 Å². The third kappa shape index (κ3) is 11.8. The molecule has 0 unspecified atom stereocenters. The van der Waals surface area contributed by atoms with E-state index in [0.717, 1.165) is 0 Å². The van der Waals surface area contributed by atoms with Crippen molar-refractivity contribution in [3.8, 4) is 0 Å². The average molecular weight is 627 g/mol. The van der Waals surface area contributed by atoms with Crippen LogP contribution in [0.2, 0.25) is 0 Å². The molecule has 0 aromatic carbocycles. The Morgan fingerprint density at radius 3 is 0.952 bits per heavy atom. The smallest absolute Gasteiger partial charge is 0.338 e. The van der Waals surface area contributed by atoms with Crippen LogP contribution in [0.4, 0.5) is 0 Å². The minimum absolute atomic E-state index is 1.09. The Bertz CT molecular complexity index is 769. The zero-order chi connectivity index (χ0) is 32.9. The van der Waals surface area contributed by atoms with Crippen LogP contribution in [0.15, 0.2) is 0 Å². The highest BCUT2D eigenvalue weighted by atomic mass is 16.6. The number of aliphatic hydroxyl groups is 15. The highest BCUT2D eigenvalue weighted by Gasteiger charge is 2.39. The molecule has 0 saturated carbocycles. The van der Waals surface area contributed by atoms with Gasteiger partial charge in [-0.3, -0.25) is 0 Å². The molecular formula is C21H38O21. The van der Waals surface area contributed by atoms with Crippen molar-refractivity contribution >= 4 is 17.9 Å². The lowest BCUT2D eigenvalue weighted by molar-refractivity contribution is -0.191. The molecule has 0 rings (SSSR count). The summed E-state index contributed by atoms with van der Waals surface area (Å²) in [7, 11) is 0. The van der Waals surface area contributed by atoms with E-state index in [4.69, 9.17) is 20.1 Å². The van der Waals surface area contributed by atoms with E-state index in [9.17, 15) is 75.7 Å². The van der Waals surface area contributed by atoms with Gasteiger partial charge >= 0.3 is 17.9 Å². The largest absolute Gasteiger partial charge is 0.460 e. The molecule has 21 nitrogen and oxygen atoms in total. The number of esters is 3. The van der Waals surface area contributed by atoms with Crippen LogP contribution in [0, 0.1) is 0 Å². The van der Waals surface area contributed by atoms with Crippen LogP contribution < -0.4 is 0 Å². The highest BCUT2D eigenvalue weighted by Crippen LogP contribution is 2.12. The summed E-state index contributed by atoms with van der Waals surface area (Å²) >= 11 is 0. The summed E-state index contributed by atoms with van der Waals surface area (Å²) in [5.74, 6) is -5.33. The predicted octanol–water partition coefficient (Wildman–Crippen LogP) is -10.7. The third-order valence-corrected chi connectivity index (χ3v) is 5.59. The third-order valence-electron chi connectivity index (χ3n) is 5.59. The molecule has 42 heavy (non-hydrogen) atoms. The van der Waals surface area contributed by atoms with E-state index in [1.54, 1.807) is 0 Å². The molecule has 0 aromatic heterocycles. The SMILES string of the molecule is O=C(OCC(COC(=O)[C@H](O)[C@@H](O)[C@H](O)[C@H](O)CO)OC(=O)[C@H](O)[C@@H](O)[C@H](O)[C@H](O)CO)[C@H](O)[C@@H](O)[C@H](O)[C@H](O)CO. The van der Waals surface area contributed by atoms with Gasteiger partial charge in [0.1, 0.15) is 68.1 Å². The normalized spacial score (nSPS) is 20.6. The maximum absolute atomic E-state index is 12.3. The first-order chi connectivity index (χ1) is 19.5. The number of carbonyl (C=O) groups is 3. The molecule has 0 saturated heterocycles. The number of aliphatic hydroxyl groups excluding tert-OH is 15. The average Bonchev–Trinajstić information content (AvgIpc) is 3.00. The number of ether oxygens (including phenoxy) is 3. The van der Waals surface area contributed by atoms with Crippen LogP contribution in [-0.4, -0.2) is 207 Å². The van der Waals surface area contributed by atoms with Gasteiger partial charge in [0.15, 0.2) is 24.4 Å². The van der Waals surface area contributed by atoms with E-state index >= 15 is 0 Å². The first-order valence-electron chi connectivity index (χ1n) is 12.0. The van der Waals surface area contributed by atoms with Gasteiger partial charge in [-0.15, -0.1) is 0 Å². The molecule has 0 aliphatic rings. The fourth-order valence-corrected chi connectivity index (χ4v) is 2.86. The Kier molecular flexibility index (Phi) is 18.2. The summed E-state index contributed by atoms with van der Waals surface area (Å²) in [6.45, 7) is -5.70. The predicted molar refractivity (Wildman–Crippen MR) is 125 cm³/mol. The minimum Gasteiger partial charge on any atom is -0.460 e. The molecule has 12 atom stereocenters. The molecule has 0 bridgehead atoms. The molecule has 0 amide bonds. The summed E-state index contributed by atoms with van der Waals surface area (Å²) in [6, 6.07) is 0. The van der Waals surface area contributed by atoms with Crippen LogP contribution in [0.25, 0.3) is 0 Å². The topological polar surface area (TPSA) is 382 Å². The van der Waals surface area contributed by atoms with E-state index in [0.29, 0.717) is 0 Å².